The largest absolute Gasteiger partial charge is 0.294 e. The molecular formula is C11H15BrOS. The molecule has 0 heterocycles. The minimum absolute atomic E-state index is 0.142. The number of hydrogen-bond acceptors (Lipinski definition) is 1. The van der Waals surface area contributed by atoms with Gasteiger partial charge < -0.3 is 0 Å². The predicted octanol–water partition coefficient (Wildman–Crippen LogP) is 3.70. The fourth-order valence-electron chi connectivity index (χ4n) is 1.31. The molecule has 0 saturated heterocycles. The predicted molar refractivity (Wildman–Crippen MR) is 67.8 cm³/mol. The van der Waals surface area contributed by atoms with Crippen molar-refractivity contribution >= 4 is 31.7 Å². The summed E-state index contributed by atoms with van der Waals surface area (Å²) in [6, 6.07) is 5.96. The molecule has 0 spiro atoms. The molecule has 0 radical (unpaired) electrons. The van der Waals surface area contributed by atoms with E-state index in [2.05, 4.69) is 40.8 Å². The van der Waals surface area contributed by atoms with E-state index in [1.54, 1.807) is 6.92 Å². The summed E-state index contributed by atoms with van der Waals surface area (Å²) in [4.78, 5) is 12.6. The normalized spacial score (nSPS) is 12.6. The van der Waals surface area contributed by atoms with Crippen LogP contribution in [0.3, 0.4) is 0 Å². The minimum Gasteiger partial charge on any atom is -0.294 e. The van der Waals surface area contributed by atoms with E-state index in [1.165, 1.54) is 4.90 Å². The number of rotatable bonds is 2. The van der Waals surface area contributed by atoms with Crippen LogP contribution in [-0.2, 0) is 0 Å². The Bertz CT molecular complexity index is 366. The van der Waals surface area contributed by atoms with E-state index in [0.29, 0.717) is 0 Å². The first kappa shape index (κ1) is 11.8. The maximum absolute atomic E-state index is 11.5. The quantitative estimate of drug-likeness (QED) is 0.752. The van der Waals surface area contributed by atoms with Crippen molar-refractivity contribution < 1.29 is 4.79 Å². The third-order valence-corrected chi connectivity index (χ3v) is 4.15. The van der Waals surface area contributed by atoms with Crippen LogP contribution in [0.15, 0.2) is 27.6 Å². The second-order valence-corrected chi connectivity index (χ2v) is 9.06. The van der Waals surface area contributed by atoms with Crippen molar-refractivity contribution in [2.45, 2.75) is 11.8 Å². The van der Waals surface area contributed by atoms with Gasteiger partial charge in [-0.1, -0.05) is 15.9 Å². The smallest absolute Gasteiger partial charge is 0.160 e. The number of halogens is 1. The molecular weight excluding hydrogens is 260 g/mol. The average molecular weight is 275 g/mol. The minimum atomic E-state index is -0.837. The number of Topliss-reactive ketones (excluding diaryl/α,β-unsaturated/α-hetero) is 1. The zero-order valence-corrected chi connectivity index (χ0v) is 11.3. The van der Waals surface area contributed by atoms with Crippen molar-refractivity contribution in [3.8, 4) is 0 Å². The Balaban J connectivity index is 3.37. The van der Waals surface area contributed by atoms with Gasteiger partial charge in [-0.15, -0.1) is 0 Å². The molecule has 0 amide bonds. The first-order valence-corrected chi connectivity index (χ1v) is 7.96. The number of ketones is 1. The van der Waals surface area contributed by atoms with Gasteiger partial charge in [0.25, 0.3) is 0 Å². The first-order chi connectivity index (χ1) is 6.32. The lowest BCUT2D eigenvalue weighted by Crippen LogP contribution is -2.02. The SMILES string of the molecule is CC(=O)c1cc(Br)ccc1S(C)(C)C. The van der Waals surface area contributed by atoms with E-state index in [4.69, 9.17) is 0 Å². The number of carbonyl (C=O) groups is 1. The number of carbonyl (C=O) groups excluding carboxylic acids is 1. The molecule has 0 aliphatic heterocycles. The van der Waals surface area contributed by atoms with Crippen LogP contribution in [0.25, 0.3) is 0 Å². The van der Waals surface area contributed by atoms with Crippen LogP contribution in [0.4, 0.5) is 0 Å². The highest BCUT2D eigenvalue weighted by molar-refractivity contribution is 9.10. The molecule has 0 unspecified atom stereocenters. The highest BCUT2D eigenvalue weighted by Crippen LogP contribution is 2.47. The first-order valence-electron chi connectivity index (χ1n) is 4.31. The monoisotopic (exact) mass is 274 g/mol. The summed E-state index contributed by atoms with van der Waals surface area (Å²) in [6.07, 6.45) is 6.59. The van der Waals surface area contributed by atoms with Crippen LogP contribution >= 0.6 is 26.0 Å². The molecule has 1 aromatic rings. The lowest BCUT2D eigenvalue weighted by atomic mass is 10.1. The molecule has 3 heteroatoms. The zero-order chi connectivity index (χ0) is 10.9. The van der Waals surface area contributed by atoms with E-state index in [-0.39, 0.29) is 5.78 Å². The number of benzene rings is 1. The number of hydrogen-bond donors (Lipinski definition) is 0. The molecule has 78 valence electrons. The van der Waals surface area contributed by atoms with Crippen LogP contribution < -0.4 is 0 Å². The van der Waals surface area contributed by atoms with Crippen molar-refractivity contribution in [1.29, 1.82) is 0 Å². The Morgan fingerprint density at radius 1 is 1.29 bits per heavy atom. The second-order valence-electron chi connectivity index (χ2n) is 4.03. The van der Waals surface area contributed by atoms with Crippen molar-refractivity contribution in [2.75, 3.05) is 18.8 Å². The maximum Gasteiger partial charge on any atom is 0.160 e. The summed E-state index contributed by atoms with van der Waals surface area (Å²) in [5, 5.41) is 0. The molecule has 0 aliphatic rings. The van der Waals surface area contributed by atoms with Crippen molar-refractivity contribution in [1.82, 2.24) is 0 Å². The van der Waals surface area contributed by atoms with Crippen molar-refractivity contribution in [2.24, 2.45) is 0 Å². The standard InChI is InChI=1S/C11H15BrOS/c1-8(13)10-7-9(12)5-6-11(10)14(2,3)4/h5-7H,1-4H3. The maximum atomic E-state index is 11.5. The Kier molecular flexibility index (Phi) is 3.43. The van der Waals surface area contributed by atoms with Crippen LogP contribution in [0.5, 0.6) is 0 Å². The molecule has 0 aliphatic carbocycles. The van der Waals surface area contributed by atoms with E-state index in [0.717, 1.165) is 10.0 Å². The molecule has 0 fully saturated rings. The van der Waals surface area contributed by atoms with Gasteiger partial charge in [0.15, 0.2) is 5.78 Å². The summed E-state index contributed by atoms with van der Waals surface area (Å²) in [6.45, 7) is 1.62. The zero-order valence-electron chi connectivity index (χ0n) is 8.93. The van der Waals surface area contributed by atoms with Crippen LogP contribution in [0.2, 0.25) is 0 Å². The van der Waals surface area contributed by atoms with Crippen molar-refractivity contribution in [3.63, 3.8) is 0 Å². The van der Waals surface area contributed by atoms with Gasteiger partial charge in [0.1, 0.15) is 0 Å². The summed E-state index contributed by atoms with van der Waals surface area (Å²) >= 11 is 3.39. The van der Waals surface area contributed by atoms with Gasteiger partial charge in [0.05, 0.1) is 0 Å². The Morgan fingerprint density at radius 3 is 2.29 bits per heavy atom. The van der Waals surface area contributed by atoms with Crippen molar-refractivity contribution in [3.05, 3.63) is 28.2 Å². The van der Waals surface area contributed by atoms with Gasteiger partial charge in [-0.25, -0.2) is 10.0 Å². The molecule has 1 nitrogen and oxygen atoms in total. The molecule has 0 atom stereocenters. The van der Waals surface area contributed by atoms with Gasteiger partial charge >= 0.3 is 0 Å². The van der Waals surface area contributed by atoms with Crippen LogP contribution in [0.1, 0.15) is 17.3 Å². The van der Waals surface area contributed by atoms with Gasteiger partial charge in [0.2, 0.25) is 0 Å². The third kappa shape index (κ3) is 2.61. The lowest BCUT2D eigenvalue weighted by molar-refractivity contribution is 0.101. The third-order valence-electron chi connectivity index (χ3n) is 1.98. The van der Waals surface area contributed by atoms with Crippen LogP contribution in [-0.4, -0.2) is 24.6 Å². The summed E-state index contributed by atoms with van der Waals surface area (Å²) in [5.41, 5.74) is 0.849. The fraction of sp³-hybridized carbons (Fsp3) is 0.364. The summed E-state index contributed by atoms with van der Waals surface area (Å²) in [5.74, 6) is 0.142. The molecule has 14 heavy (non-hydrogen) atoms. The molecule has 0 bridgehead atoms. The van der Waals surface area contributed by atoms with Crippen LogP contribution in [0, 0.1) is 0 Å². The fourth-order valence-corrected chi connectivity index (χ4v) is 3.01. The highest BCUT2D eigenvalue weighted by atomic mass is 79.9. The van der Waals surface area contributed by atoms with Gasteiger partial charge in [0, 0.05) is 14.9 Å². The average Bonchev–Trinajstić information content (AvgIpc) is 2.01. The highest BCUT2D eigenvalue weighted by Gasteiger charge is 2.15. The molecule has 0 N–H and O–H groups in total. The summed E-state index contributed by atoms with van der Waals surface area (Å²) in [7, 11) is -0.837. The Hall–Kier alpha value is -0.280. The van der Waals surface area contributed by atoms with E-state index < -0.39 is 10.0 Å². The van der Waals surface area contributed by atoms with Gasteiger partial charge in [-0.2, -0.15) is 0 Å². The molecule has 0 aromatic heterocycles. The van der Waals surface area contributed by atoms with E-state index in [9.17, 15) is 4.79 Å². The molecule has 1 aromatic carbocycles. The second kappa shape index (κ2) is 4.07. The summed E-state index contributed by atoms with van der Waals surface area (Å²) < 4.78 is 0.968. The van der Waals surface area contributed by atoms with E-state index >= 15 is 0 Å². The topological polar surface area (TPSA) is 17.1 Å². The van der Waals surface area contributed by atoms with E-state index in [1.807, 2.05) is 12.1 Å². The Labute approximate surface area is 95.3 Å². The van der Waals surface area contributed by atoms with Gasteiger partial charge in [-0.3, -0.25) is 4.79 Å². The lowest BCUT2D eigenvalue weighted by Gasteiger charge is -2.28. The Morgan fingerprint density at radius 2 is 1.86 bits per heavy atom. The molecule has 0 saturated carbocycles. The van der Waals surface area contributed by atoms with Gasteiger partial charge in [-0.05, 0) is 43.9 Å². The molecule has 1 rings (SSSR count).